The fourth-order valence-corrected chi connectivity index (χ4v) is 2.16. The lowest BCUT2D eigenvalue weighted by molar-refractivity contribution is 0.432. The largest absolute Gasteiger partial charge is 0.399 e. The van der Waals surface area contributed by atoms with Crippen molar-refractivity contribution in [2.75, 3.05) is 11.5 Å². The fourth-order valence-electron chi connectivity index (χ4n) is 1.79. The summed E-state index contributed by atoms with van der Waals surface area (Å²) < 4.78 is 6.08. The van der Waals surface area contributed by atoms with Crippen LogP contribution in [0.4, 0.5) is 11.4 Å². The molecule has 4 N–H and O–H groups in total. The van der Waals surface area contributed by atoms with Crippen LogP contribution in [0.1, 0.15) is 0 Å². The van der Waals surface area contributed by atoms with Gasteiger partial charge in [-0.2, -0.15) is 4.98 Å². The first-order chi connectivity index (χ1) is 9.61. The summed E-state index contributed by atoms with van der Waals surface area (Å²) in [5.74, 6) is 0.814. The van der Waals surface area contributed by atoms with Gasteiger partial charge in [-0.25, -0.2) is 0 Å². The molecule has 0 fully saturated rings. The Bertz CT molecular complexity index is 751. The van der Waals surface area contributed by atoms with Gasteiger partial charge in [-0.05, 0) is 40.2 Å². The van der Waals surface area contributed by atoms with Gasteiger partial charge in [0.05, 0.1) is 0 Å². The highest BCUT2D eigenvalue weighted by molar-refractivity contribution is 9.10. The van der Waals surface area contributed by atoms with E-state index in [1.165, 1.54) is 0 Å². The maximum Gasteiger partial charge on any atom is 0.258 e. The molecule has 0 aliphatic heterocycles. The Labute approximate surface area is 122 Å². The van der Waals surface area contributed by atoms with Crippen molar-refractivity contribution in [3.05, 3.63) is 41.1 Å². The molecule has 0 aliphatic carbocycles. The van der Waals surface area contributed by atoms with Crippen molar-refractivity contribution in [3.63, 3.8) is 0 Å². The van der Waals surface area contributed by atoms with E-state index >= 15 is 0 Å². The molecule has 0 saturated heterocycles. The zero-order valence-electron chi connectivity index (χ0n) is 10.2. The summed E-state index contributed by atoms with van der Waals surface area (Å²) in [4.78, 5) is 8.39. The van der Waals surface area contributed by atoms with E-state index in [9.17, 15) is 0 Å². The number of benzene rings is 1. The molecule has 0 saturated carbocycles. The average Bonchev–Trinajstić information content (AvgIpc) is 2.87. The summed E-state index contributed by atoms with van der Waals surface area (Å²) in [6.07, 6.45) is 3.34. The van der Waals surface area contributed by atoms with Crippen molar-refractivity contribution >= 4 is 27.3 Å². The van der Waals surface area contributed by atoms with Gasteiger partial charge >= 0.3 is 0 Å². The van der Waals surface area contributed by atoms with Crippen LogP contribution in [0.15, 0.2) is 45.7 Å². The minimum Gasteiger partial charge on any atom is -0.399 e. The molecule has 20 heavy (non-hydrogen) atoms. The van der Waals surface area contributed by atoms with E-state index in [-0.39, 0.29) is 0 Å². The molecule has 0 amide bonds. The van der Waals surface area contributed by atoms with Gasteiger partial charge in [-0.1, -0.05) is 5.16 Å². The molecule has 6 nitrogen and oxygen atoms in total. The number of nitrogen functional groups attached to an aromatic ring is 2. The van der Waals surface area contributed by atoms with Gasteiger partial charge in [0, 0.05) is 39.4 Å². The third kappa shape index (κ3) is 2.48. The molecule has 0 radical (unpaired) electrons. The summed E-state index contributed by atoms with van der Waals surface area (Å²) in [5.41, 5.74) is 14.0. The Kier molecular flexibility index (Phi) is 3.11. The topological polar surface area (TPSA) is 104 Å². The molecule has 3 aromatic rings. The number of hydrogen-bond acceptors (Lipinski definition) is 6. The Hall–Kier alpha value is -2.41. The number of pyridine rings is 1. The number of rotatable bonds is 2. The molecule has 0 aliphatic rings. The molecular weight excluding hydrogens is 322 g/mol. The summed E-state index contributed by atoms with van der Waals surface area (Å²) in [7, 11) is 0. The van der Waals surface area contributed by atoms with Crippen LogP contribution in [0.25, 0.3) is 22.8 Å². The highest BCUT2D eigenvalue weighted by Gasteiger charge is 2.12. The summed E-state index contributed by atoms with van der Waals surface area (Å²) in [6.45, 7) is 0. The molecular formula is C13H10BrN5O. The van der Waals surface area contributed by atoms with E-state index in [1.54, 1.807) is 30.6 Å². The molecule has 7 heteroatoms. The van der Waals surface area contributed by atoms with Crippen LogP contribution in [0.3, 0.4) is 0 Å². The normalized spacial score (nSPS) is 10.7. The first kappa shape index (κ1) is 12.6. The van der Waals surface area contributed by atoms with Crippen LogP contribution in [-0.2, 0) is 0 Å². The Morgan fingerprint density at radius 1 is 0.950 bits per heavy atom. The van der Waals surface area contributed by atoms with Crippen LogP contribution in [0.5, 0.6) is 0 Å². The van der Waals surface area contributed by atoms with Gasteiger partial charge in [0.1, 0.15) is 0 Å². The van der Waals surface area contributed by atoms with E-state index in [0.717, 1.165) is 10.0 Å². The predicted octanol–water partition coefficient (Wildman–Crippen LogP) is 2.73. The molecule has 0 bridgehead atoms. The van der Waals surface area contributed by atoms with Gasteiger partial charge in [0.15, 0.2) is 0 Å². The first-order valence-corrected chi connectivity index (χ1v) is 6.52. The lowest BCUT2D eigenvalue weighted by atomic mass is 10.2. The van der Waals surface area contributed by atoms with Gasteiger partial charge in [-0.15, -0.1) is 0 Å². The predicted molar refractivity (Wildman–Crippen MR) is 79.5 cm³/mol. The summed E-state index contributed by atoms with van der Waals surface area (Å²) in [5, 5.41) is 3.93. The van der Waals surface area contributed by atoms with Crippen LogP contribution >= 0.6 is 15.9 Å². The molecule has 1 aromatic carbocycles. The number of anilines is 2. The van der Waals surface area contributed by atoms with Crippen molar-refractivity contribution in [1.82, 2.24) is 15.1 Å². The smallest absolute Gasteiger partial charge is 0.258 e. The third-order valence-corrected chi connectivity index (χ3v) is 3.05. The Balaban J connectivity index is 2.02. The lowest BCUT2D eigenvalue weighted by Gasteiger charge is -1.99. The number of hydrogen-bond donors (Lipinski definition) is 2. The number of aromatic nitrogens is 3. The molecule has 2 heterocycles. The number of halogens is 1. The SMILES string of the molecule is Nc1cc(N)cc(-c2nc(-c3cncc(Br)c3)no2)c1. The van der Waals surface area contributed by atoms with E-state index in [4.69, 9.17) is 16.0 Å². The zero-order chi connectivity index (χ0) is 14.1. The second-order valence-corrected chi connectivity index (χ2v) is 5.12. The van der Waals surface area contributed by atoms with E-state index in [1.807, 2.05) is 6.07 Å². The molecule has 3 rings (SSSR count). The maximum atomic E-state index is 5.75. The molecule has 2 aromatic heterocycles. The quantitative estimate of drug-likeness (QED) is 0.699. The third-order valence-electron chi connectivity index (χ3n) is 2.61. The Morgan fingerprint density at radius 2 is 1.70 bits per heavy atom. The highest BCUT2D eigenvalue weighted by atomic mass is 79.9. The standard InChI is InChI=1S/C13H10BrN5O/c14-9-1-8(5-17-6-9)12-18-13(20-19-12)7-2-10(15)4-11(16)3-7/h1-6H,15-16H2. The van der Waals surface area contributed by atoms with E-state index < -0.39 is 0 Å². The second-order valence-electron chi connectivity index (χ2n) is 4.20. The molecule has 0 unspecified atom stereocenters. The van der Waals surface area contributed by atoms with E-state index in [2.05, 4.69) is 31.1 Å². The molecule has 100 valence electrons. The lowest BCUT2D eigenvalue weighted by Crippen LogP contribution is -1.91. The fraction of sp³-hybridized carbons (Fsp3) is 0. The van der Waals surface area contributed by atoms with Crippen LogP contribution in [0.2, 0.25) is 0 Å². The van der Waals surface area contributed by atoms with Crippen molar-refractivity contribution in [3.8, 4) is 22.8 Å². The summed E-state index contributed by atoms with van der Waals surface area (Å²) in [6, 6.07) is 6.98. The van der Waals surface area contributed by atoms with Gasteiger partial charge < -0.3 is 16.0 Å². The number of nitrogens with zero attached hydrogens (tertiary/aromatic N) is 3. The highest BCUT2D eigenvalue weighted by Crippen LogP contribution is 2.26. The van der Waals surface area contributed by atoms with Crippen LogP contribution in [-0.4, -0.2) is 15.1 Å². The molecule has 0 atom stereocenters. The van der Waals surface area contributed by atoms with Crippen molar-refractivity contribution in [2.45, 2.75) is 0 Å². The van der Waals surface area contributed by atoms with E-state index in [0.29, 0.717) is 28.7 Å². The van der Waals surface area contributed by atoms with Gasteiger partial charge in [0.25, 0.3) is 5.89 Å². The minimum absolute atomic E-state index is 0.360. The summed E-state index contributed by atoms with van der Waals surface area (Å²) >= 11 is 3.35. The van der Waals surface area contributed by atoms with Crippen molar-refractivity contribution in [1.29, 1.82) is 0 Å². The monoisotopic (exact) mass is 331 g/mol. The minimum atomic E-state index is 0.360. The average molecular weight is 332 g/mol. The van der Waals surface area contributed by atoms with Crippen LogP contribution < -0.4 is 11.5 Å². The van der Waals surface area contributed by atoms with Gasteiger partial charge in [-0.3, -0.25) is 4.98 Å². The van der Waals surface area contributed by atoms with Crippen LogP contribution in [0, 0.1) is 0 Å². The Morgan fingerprint density at radius 3 is 2.40 bits per heavy atom. The van der Waals surface area contributed by atoms with Gasteiger partial charge in [0.2, 0.25) is 5.82 Å². The molecule has 0 spiro atoms. The first-order valence-electron chi connectivity index (χ1n) is 5.73. The van der Waals surface area contributed by atoms with Crippen molar-refractivity contribution < 1.29 is 4.52 Å². The van der Waals surface area contributed by atoms with Crippen molar-refractivity contribution in [2.24, 2.45) is 0 Å². The number of nitrogens with two attached hydrogens (primary N) is 2. The second kappa shape index (κ2) is 4.93. The maximum absolute atomic E-state index is 5.75. The zero-order valence-corrected chi connectivity index (χ0v) is 11.8.